The highest BCUT2D eigenvalue weighted by atomic mass is 32.2. The highest BCUT2D eigenvalue weighted by molar-refractivity contribution is 7.89. The minimum absolute atomic E-state index is 0.341. The smallest absolute Gasteiger partial charge is 0.336 e. The van der Waals surface area contributed by atoms with E-state index in [1.807, 2.05) is 45.0 Å². The normalized spacial score (nSPS) is 13.9. The Labute approximate surface area is 176 Å². The molecule has 0 unspecified atom stereocenters. The predicted molar refractivity (Wildman–Crippen MR) is 119 cm³/mol. The molecule has 4 rings (SSSR count). The van der Waals surface area contributed by atoms with Gasteiger partial charge in [-0.05, 0) is 54.3 Å². The number of benzene rings is 2. The molecule has 0 N–H and O–H groups in total. The number of hydrogen-bond donors (Lipinski definition) is 0. The molecule has 0 spiro atoms. The third-order valence-corrected chi connectivity index (χ3v) is 7.78. The first-order valence-corrected chi connectivity index (χ1v) is 11.7. The zero-order chi connectivity index (χ0) is 21.5. The van der Waals surface area contributed by atoms with Crippen molar-refractivity contribution in [1.82, 2.24) is 4.31 Å². The van der Waals surface area contributed by atoms with Crippen LogP contribution in [0.3, 0.4) is 0 Å². The van der Waals surface area contributed by atoms with Gasteiger partial charge in [0.2, 0.25) is 10.0 Å². The lowest BCUT2D eigenvalue weighted by molar-refractivity contribution is 0.445. The second kappa shape index (κ2) is 7.89. The van der Waals surface area contributed by atoms with Crippen molar-refractivity contribution < 1.29 is 12.8 Å². The summed E-state index contributed by atoms with van der Waals surface area (Å²) in [6.45, 7) is 7.90. The van der Waals surface area contributed by atoms with Crippen molar-refractivity contribution >= 4 is 26.7 Å². The van der Waals surface area contributed by atoms with E-state index in [1.165, 1.54) is 4.31 Å². The van der Waals surface area contributed by atoms with E-state index in [9.17, 15) is 13.2 Å². The quantitative estimate of drug-likeness (QED) is 0.562. The maximum Gasteiger partial charge on any atom is 0.336 e. The van der Waals surface area contributed by atoms with Crippen LogP contribution in [0.1, 0.15) is 30.5 Å². The van der Waals surface area contributed by atoms with E-state index in [1.54, 1.807) is 18.2 Å². The zero-order valence-electron chi connectivity index (χ0n) is 17.5. The molecule has 1 aliphatic rings. The Hall–Kier alpha value is -2.64. The van der Waals surface area contributed by atoms with Gasteiger partial charge in [0.05, 0.1) is 4.90 Å². The van der Waals surface area contributed by atoms with Gasteiger partial charge < -0.3 is 9.32 Å². The fourth-order valence-electron chi connectivity index (χ4n) is 4.16. The summed E-state index contributed by atoms with van der Waals surface area (Å²) in [7, 11) is -3.48. The van der Waals surface area contributed by atoms with Crippen LogP contribution < -0.4 is 10.5 Å². The van der Waals surface area contributed by atoms with Crippen molar-refractivity contribution in [3.63, 3.8) is 0 Å². The summed E-state index contributed by atoms with van der Waals surface area (Å²) in [6, 6.07) is 12.8. The van der Waals surface area contributed by atoms with Gasteiger partial charge in [-0.25, -0.2) is 13.2 Å². The fourth-order valence-corrected chi connectivity index (χ4v) is 5.67. The number of rotatable bonds is 6. The summed E-state index contributed by atoms with van der Waals surface area (Å²) in [5.74, 6) is 0. The Bertz CT molecular complexity index is 1260. The first kappa shape index (κ1) is 20.6. The summed E-state index contributed by atoms with van der Waals surface area (Å²) in [5, 5.41) is 0.925. The van der Waals surface area contributed by atoms with Gasteiger partial charge in [-0.2, -0.15) is 4.31 Å². The monoisotopic (exact) mass is 426 g/mol. The molecule has 0 radical (unpaired) electrons. The number of fused-ring (bicyclic) bond motifs is 2. The first-order chi connectivity index (χ1) is 14.3. The van der Waals surface area contributed by atoms with E-state index < -0.39 is 10.0 Å². The number of sulfonamides is 1. The van der Waals surface area contributed by atoms with Crippen LogP contribution in [0, 0.1) is 6.92 Å². The van der Waals surface area contributed by atoms with Gasteiger partial charge >= 0.3 is 5.63 Å². The molecule has 1 aliphatic heterocycles. The standard InChI is InChI=1S/C23H26N2O4S/c1-4-25(5-2)30(27,28)19-7-9-21-17(13-19)10-11-24(21)15-18-14-23(26)29-22-12-16(3)6-8-20(18)22/h6-9,12-14H,4-5,10-11,15H2,1-3H3. The summed E-state index contributed by atoms with van der Waals surface area (Å²) in [5.41, 5.74) is 4.22. The second-order valence-corrected chi connectivity index (χ2v) is 9.58. The maximum absolute atomic E-state index is 12.8. The van der Waals surface area contributed by atoms with Crippen molar-refractivity contribution in [2.24, 2.45) is 0 Å². The molecule has 0 fully saturated rings. The molecule has 3 aromatic rings. The Morgan fingerprint density at radius 1 is 1.07 bits per heavy atom. The highest BCUT2D eigenvalue weighted by Crippen LogP contribution is 2.33. The molecule has 2 heterocycles. The Balaban J connectivity index is 1.67. The van der Waals surface area contributed by atoms with Gasteiger partial charge in [0.15, 0.2) is 0 Å². The van der Waals surface area contributed by atoms with Crippen molar-refractivity contribution in [3.8, 4) is 0 Å². The van der Waals surface area contributed by atoms with Crippen LogP contribution in [0.15, 0.2) is 56.6 Å². The van der Waals surface area contributed by atoms with E-state index in [4.69, 9.17) is 4.42 Å². The first-order valence-electron chi connectivity index (χ1n) is 10.2. The Kier molecular flexibility index (Phi) is 5.42. The van der Waals surface area contributed by atoms with Gasteiger partial charge in [-0.15, -0.1) is 0 Å². The van der Waals surface area contributed by atoms with E-state index in [2.05, 4.69) is 4.90 Å². The van der Waals surface area contributed by atoms with Crippen molar-refractivity contribution in [2.45, 2.75) is 38.6 Å². The molecule has 158 valence electrons. The van der Waals surface area contributed by atoms with E-state index >= 15 is 0 Å². The van der Waals surface area contributed by atoms with E-state index in [0.29, 0.717) is 30.1 Å². The Morgan fingerprint density at radius 3 is 2.57 bits per heavy atom. The minimum atomic E-state index is -3.48. The van der Waals surface area contributed by atoms with Crippen LogP contribution in [-0.2, 0) is 23.0 Å². The molecule has 0 saturated heterocycles. The zero-order valence-corrected chi connectivity index (χ0v) is 18.3. The van der Waals surface area contributed by atoms with Gasteiger partial charge in [-0.1, -0.05) is 26.0 Å². The van der Waals surface area contributed by atoms with Gasteiger partial charge in [0.25, 0.3) is 0 Å². The molecule has 30 heavy (non-hydrogen) atoms. The SMILES string of the molecule is CCN(CC)S(=O)(=O)c1ccc2c(c1)CCN2Cc1cc(=O)oc2cc(C)ccc12. The highest BCUT2D eigenvalue weighted by Gasteiger charge is 2.26. The lowest BCUT2D eigenvalue weighted by atomic mass is 10.1. The number of nitrogens with zero attached hydrogens (tertiary/aromatic N) is 2. The molecule has 0 amide bonds. The topological polar surface area (TPSA) is 70.8 Å². The Morgan fingerprint density at radius 2 is 1.83 bits per heavy atom. The summed E-state index contributed by atoms with van der Waals surface area (Å²) in [4.78, 5) is 14.6. The average Bonchev–Trinajstić information content (AvgIpc) is 3.10. The number of aryl methyl sites for hydroxylation is 1. The van der Waals surface area contributed by atoms with Crippen molar-refractivity contribution in [2.75, 3.05) is 24.5 Å². The third-order valence-electron chi connectivity index (χ3n) is 5.73. The second-order valence-electron chi connectivity index (χ2n) is 7.64. The lowest BCUT2D eigenvalue weighted by Gasteiger charge is -2.21. The molecule has 0 saturated carbocycles. The molecule has 0 atom stereocenters. The van der Waals surface area contributed by atoms with Crippen LogP contribution in [0.25, 0.3) is 11.0 Å². The molecular weight excluding hydrogens is 400 g/mol. The summed E-state index contributed by atoms with van der Waals surface area (Å²) >= 11 is 0. The van der Waals surface area contributed by atoms with Crippen LogP contribution in [0.4, 0.5) is 5.69 Å². The van der Waals surface area contributed by atoms with Crippen molar-refractivity contribution in [3.05, 3.63) is 69.6 Å². The summed E-state index contributed by atoms with van der Waals surface area (Å²) in [6.07, 6.45) is 0.773. The molecule has 6 nitrogen and oxygen atoms in total. The predicted octanol–water partition coefficient (Wildman–Crippen LogP) is 3.69. The van der Waals surface area contributed by atoms with Crippen LogP contribution in [0.5, 0.6) is 0 Å². The van der Waals surface area contributed by atoms with Gasteiger partial charge in [0, 0.05) is 43.3 Å². The van der Waals surface area contributed by atoms with E-state index in [-0.39, 0.29) is 5.63 Å². The molecule has 0 aliphatic carbocycles. The number of hydrogen-bond acceptors (Lipinski definition) is 5. The lowest BCUT2D eigenvalue weighted by Crippen LogP contribution is -2.30. The minimum Gasteiger partial charge on any atom is -0.423 e. The molecule has 7 heteroatoms. The van der Waals surface area contributed by atoms with Crippen LogP contribution in [0.2, 0.25) is 0 Å². The van der Waals surface area contributed by atoms with Gasteiger partial charge in [-0.3, -0.25) is 0 Å². The third kappa shape index (κ3) is 3.63. The largest absolute Gasteiger partial charge is 0.423 e. The maximum atomic E-state index is 12.8. The number of anilines is 1. The average molecular weight is 427 g/mol. The van der Waals surface area contributed by atoms with Crippen molar-refractivity contribution in [1.29, 1.82) is 0 Å². The molecular formula is C23H26N2O4S. The summed E-state index contributed by atoms with van der Waals surface area (Å²) < 4.78 is 32.5. The molecule has 0 bridgehead atoms. The van der Waals surface area contributed by atoms with Crippen LogP contribution >= 0.6 is 0 Å². The molecule has 1 aromatic heterocycles. The fraction of sp³-hybridized carbons (Fsp3) is 0.348. The van der Waals surface area contributed by atoms with Gasteiger partial charge in [0.1, 0.15) is 5.58 Å². The molecule has 2 aromatic carbocycles. The van der Waals surface area contributed by atoms with Crippen LogP contribution in [-0.4, -0.2) is 32.4 Å². The van der Waals surface area contributed by atoms with E-state index in [0.717, 1.165) is 40.7 Å².